The summed E-state index contributed by atoms with van der Waals surface area (Å²) in [4.78, 5) is 12.5. The molecule has 0 saturated heterocycles. The maximum Gasteiger partial charge on any atom is 0.249 e. The fourth-order valence-corrected chi connectivity index (χ4v) is 8.07. The number of aliphatic hydroxyl groups excluding tert-OH is 4. The van der Waals surface area contributed by atoms with Crippen molar-refractivity contribution in [3.8, 4) is 0 Å². The van der Waals surface area contributed by atoms with Crippen molar-refractivity contribution in [2.24, 2.45) is 0 Å². The van der Waals surface area contributed by atoms with Gasteiger partial charge in [-0.3, -0.25) is 4.79 Å². The molecule has 0 bridgehead atoms. The van der Waals surface area contributed by atoms with Crippen molar-refractivity contribution >= 4 is 5.91 Å². The molecule has 0 aromatic rings. The average Bonchev–Trinajstić information content (AvgIpc) is 3.23. The number of hydrogen-bond acceptors (Lipinski definition) is 5. The first-order valence-corrected chi connectivity index (χ1v) is 25.7. The fraction of sp³-hybridized carbons (Fsp3) is 0.904. The summed E-state index contributed by atoms with van der Waals surface area (Å²) >= 11 is 0. The second-order valence-corrected chi connectivity index (χ2v) is 17.9. The number of carbonyl (C=O) groups excluding carboxylic acids is 1. The average molecular weight is 820 g/mol. The molecule has 0 heterocycles. The molecule has 344 valence electrons. The van der Waals surface area contributed by atoms with Gasteiger partial charge in [-0.15, -0.1) is 0 Å². The highest BCUT2D eigenvalue weighted by atomic mass is 16.3. The van der Waals surface area contributed by atoms with Crippen LogP contribution in [0.5, 0.6) is 0 Å². The van der Waals surface area contributed by atoms with Gasteiger partial charge >= 0.3 is 0 Å². The topological polar surface area (TPSA) is 110 Å². The van der Waals surface area contributed by atoms with Crippen molar-refractivity contribution in [1.82, 2.24) is 5.32 Å². The fourth-order valence-electron chi connectivity index (χ4n) is 8.07. The molecule has 0 saturated carbocycles. The molecule has 4 unspecified atom stereocenters. The molecule has 0 spiro atoms. The lowest BCUT2D eigenvalue weighted by Crippen LogP contribution is -2.53. The molecule has 0 aromatic carbocycles. The Kier molecular flexibility index (Phi) is 45.9. The van der Waals surface area contributed by atoms with Crippen molar-refractivity contribution in [2.45, 2.75) is 295 Å². The second kappa shape index (κ2) is 46.8. The largest absolute Gasteiger partial charge is 0.394 e. The molecular formula is C52H101NO5. The predicted octanol–water partition coefficient (Wildman–Crippen LogP) is 14.3. The molecule has 0 radical (unpaired) electrons. The van der Waals surface area contributed by atoms with Crippen LogP contribution in [-0.2, 0) is 4.79 Å². The predicted molar refractivity (Wildman–Crippen MR) is 251 cm³/mol. The standard InChI is InChI=1S/C52H101NO5/c1-3-5-7-9-11-13-15-17-19-20-21-22-23-24-25-26-27-28-29-30-31-32-34-35-37-39-41-43-45-49(55)51(57)48(47-54)53-52(58)50(56)46-44-42-40-38-36-33-18-16-14-12-10-8-6-4-2/h31-32,37,39,48-51,54-57H,3-30,33-36,38,40-47H2,1-2H3,(H,53,58)/b32-31+,39-37+. The van der Waals surface area contributed by atoms with Crippen molar-refractivity contribution in [2.75, 3.05) is 6.61 Å². The third-order valence-corrected chi connectivity index (χ3v) is 12.1. The first-order chi connectivity index (χ1) is 28.5. The van der Waals surface area contributed by atoms with Gasteiger partial charge in [0.15, 0.2) is 0 Å². The highest BCUT2D eigenvalue weighted by molar-refractivity contribution is 5.80. The number of aliphatic hydroxyl groups is 4. The van der Waals surface area contributed by atoms with E-state index >= 15 is 0 Å². The van der Waals surface area contributed by atoms with Crippen LogP contribution in [0, 0.1) is 0 Å². The molecule has 0 fully saturated rings. The van der Waals surface area contributed by atoms with Crippen molar-refractivity contribution in [3.05, 3.63) is 24.3 Å². The number of unbranched alkanes of at least 4 members (excludes halogenated alkanes) is 34. The highest BCUT2D eigenvalue weighted by Crippen LogP contribution is 2.17. The van der Waals surface area contributed by atoms with Crippen LogP contribution in [0.4, 0.5) is 0 Å². The van der Waals surface area contributed by atoms with E-state index < -0.39 is 36.9 Å². The minimum Gasteiger partial charge on any atom is -0.394 e. The molecule has 0 aliphatic rings. The van der Waals surface area contributed by atoms with E-state index in [4.69, 9.17) is 0 Å². The summed E-state index contributed by atoms with van der Waals surface area (Å²) in [7, 11) is 0. The van der Waals surface area contributed by atoms with Gasteiger partial charge < -0.3 is 25.7 Å². The summed E-state index contributed by atoms with van der Waals surface area (Å²) in [6.07, 6.45) is 55.3. The van der Waals surface area contributed by atoms with Crippen LogP contribution in [-0.4, -0.2) is 57.3 Å². The van der Waals surface area contributed by atoms with Gasteiger partial charge in [-0.2, -0.15) is 0 Å². The van der Waals surface area contributed by atoms with Crippen molar-refractivity contribution < 1.29 is 25.2 Å². The molecule has 5 N–H and O–H groups in total. The Morgan fingerprint density at radius 2 is 0.724 bits per heavy atom. The lowest BCUT2D eigenvalue weighted by molar-refractivity contribution is -0.132. The quantitative estimate of drug-likeness (QED) is 0.0310. The molecule has 0 aliphatic carbocycles. The zero-order chi connectivity index (χ0) is 42.4. The third-order valence-electron chi connectivity index (χ3n) is 12.1. The number of allylic oxidation sites excluding steroid dienone is 4. The van der Waals surface area contributed by atoms with Crippen LogP contribution in [0.15, 0.2) is 24.3 Å². The van der Waals surface area contributed by atoms with Gasteiger partial charge in [0.1, 0.15) is 12.2 Å². The highest BCUT2D eigenvalue weighted by Gasteiger charge is 2.28. The smallest absolute Gasteiger partial charge is 0.249 e. The Morgan fingerprint density at radius 1 is 0.414 bits per heavy atom. The monoisotopic (exact) mass is 820 g/mol. The normalized spacial score (nSPS) is 14.1. The van der Waals surface area contributed by atoms with E-state index in [9.17, 15) is 25.2 Å². The van der Waals surface area contributed by atoms with Gasteiger partial charge in [0.2, 0.25) is 5.91 Å². The zero-order valence-electron chi connectivity index (χ0n) is 38.8. The Morgan fingerprint density at radius 3 is 1.09 bits per heavy atom. The van der Waals surface area contributed by atoms with Crippen LogP contribution < -0.4 is 5.32 Å². The lowest BCUT2D eigenvalue weighted by atomic mass is 10.00. The third kappa shape index (κ3) is 40.2. The summed E-state index contributed by atoms with van der Waals surface area (Å²) in [6, 6.07) is -1.00. The second-order valence-electron chi connectivity index (χ2n) is 17.9. The van der Waals surface area contributed by atoms with E-state index in [0.29, 0.717) is 19.3 Å². The number of amides is 1. The summed E-state index contributed by atoms with van der Waals surface area (Å²) in [5.41, 5.74) is 0. The van der Waals surface area contributed by atoms with E-state index in [1.165, 1.54) is 199 Å². The van der Waals surface area contributed by atoms with Gasteiger partial charge in [-0.1, -0.05) is 244 Å². The zero-order valence-corrected chi connectivity index (χ0v) is 38.8. The Balaban J connectivity index is 3.68. The molecule has 6 nitrogen and oxygen atoms in total. The summed E-state index contributed by atoms with van der Waals surface area (Å²) < 4.78 is 0. The van der Waals surface area contributed by atoms with Crippen LogP contribution in [0.3, 0.4) is 0 Å². The Bertz CT molecular complexity index is 878. The van der Waals surface area contributed by atoms with Crippen LogP contribution in [0.25, 0.3) is 0 Å². The van der Waals surface area contributed by atoms with Crippen molar-refractivity contribution in [3.63, 3.8) is 0 Å². The molecule has 6 heteroatoms. The molecular weight excluding hydrogens is 719 g/mol. The van der Waals surface area contributed by atoms with E-state index in [1.54, 1.807) is 0 Å². The first kappa shape index (κ1) is 56.8. The molecule has 58 heavy (non-hydrogen) atoms. The first-order valence-electron chi connectivity index (χ1n) is 25.7. The number of nitrogens with one attached hydrogen (secondary N) is 1. The molecule has 0 aliphatic heterocycles. The summed E-state index contributed by atoms with van der Waals surface area (Å²) in [5.74, 6) is -0.595. The van der Waals surface area contributed by atoms with E-state index in [2.05, 4.69) is 43.5 Å². The SMILES string of the molecule is CCCCCCCCCCCCCCCCCCCCC/C=C/CC/C=C/CCCC(O)C(O)C(CO)NC(=O)C(O)CCCCCCCCCCCCCCCC. The molecule has 0 aromatic heterocycles. The maximum absolute atomic E-state index is 12.5. The van der Waals surface area contributed by atoms with Gasteiger partial charge in [-0.25, -0.2) is 0 Å². The minimum atomic E-state index is -1.29. The van der Waals surface area contributed by atoms with Crippen LogP contribution >= 0.6 is 0 Å². The lowest BCUT2D eigenvalue weighted by Gasteiger charge is -2.27. The van der Waals surface area contributed by atoms with Gasteiger partial charge in [0, 0.05) is 0 Å². The summed E-state index contributed by atoms with van der Waals surface area (Å²) in [5, 5.41) is 43.8. The number of carbonyl (C=O) groups is 1. The molecule has 4 atom stereocenters. The van der Waals surface area contributed by atoms with E-state index in [0.717, 1.165) is 38.5 Å². The van der Waals surface area contributed by atoms with Crippen LogP contribution in [0.2, 0.25) is 0 Å². The van der Waals surface area contributed by atoms with E-state index in [-0.39, 0.29) is 0 Å². The Labute approximate surface area is 361 Å². The minimum absolute atomic E-state index is 0.364. The number of hydrogen-bond donors (Lipinski definition) is 5. The van der Waals surface area contributed by atoms with Gasteiger partial charge in [0.05, 0.1) is 18.8 Å². The van der Waals surface area contributed by atoms with Gasteiger partial charge in [0.25, 0.3) is 0 Å². The van der Waals surface area contributed by atoms with E-state index in [1.807, 2.05) is 0 Å². The van der Waals surface area contributed by atoms with Gasteiger partial charge in [-0.05, 0) is 51.4 Å². The van der Waals surface area contributed by atoms with Crippen LogP contribution in [0.1, 0.15) is 271 Å². The summed E-state index contributed by atoms with van der Waals surface area (Å²) in [6.45, 7) is 4.05. The maximum atomic E-state index is 12.5. The molecule has 0 rings (SSSR count). The molecule has 1 amide bonds. The number of rotatable bonds is 47. The Hall–Kier alpha value is -1.21. The van der Waals surface area contributed by atoms with Crippen molar-refractivity contribution in [1.29, 1.82) is 0 Å².